The Morgan fingerprint density at radius 3 is 2.92 bits per heavy atom. The van der Waals surface area contributed by atoms with E-state index in [-0.39, 0.29) is 12.0 Å². The predicted octanol–water partition coefficient (Wildman–Crippen LogP) is 1.02. The van der Waals surface area contributed by atoms with Crippen LogP contribution in [0.25, 0.3) is 0 Å². The Kier molecular flexibility index (Phi) is 4.59. The van der Waals surface area contributed by atoms with E-state index in [1.54, 1.807) is 0 Å². The van der Waals surface area contributed by atoms with Gasteiger partial charge in [-0.3, -0.25) is 4.79 Å². The van der Waals surface area contributed by atoms with Crippen LogP contribution in [0, 0.1) is 5.92 Å². The van der Waals surface area contributed by atoms with Gasteiger partial charge in [0.2, 0.25) is 0 Å². The first kappa shape index (κ1) is 10.9. The number of methoxy groups -OCH3 is 1. The Morgan fingerprint density at radius 2 is 2.23 bits per heavy atom. The zero-order valence-corrected chi connectivity index (χ0v) is 8.81. The minimum Gasteiger partial charge on any atom is -0.469 e. The lowest BCUT2D eigenvalue weighted by Gasteiger charge is -2.19. The first-order valence-electron chi connectivity index (χ1n) is 4.64. The third-order valence-corrected chi connectivity index (χ3v) is 3.54. The van der Waals surface area contributed by atoms with Crippen molar-refractivity contribution in [3.63, 3.8) is 0 Å². The largest absolute Gasteiger partial charge is 0.469 e. The Morgan fingerprint density at radius 1 is 1.54 bits per heavy atom. The summed E-state index contributed by atoms with van der Waals surface area (Å²) in [5.41, 5.74) is 5.96. The molecule has 3 nitrogen and oxygen atoms in total. The van der Waals surface area contributed by atoms with Gasteiger partial charge in [0.1, 0.15) is 0 Å². The van der Waals surface area contributed by atoms with Crippen molar-refractivity contribution >= 4 is 17.7 Å². The van der Waals surface area contributed by atoms with E-state index in [4.69, 9.17) is 5.73 Å². The zero-order valence-electron chi connectivity index (χ0n) is 7.99. The first-order valence-corrected chi connectivity index (χ1v) is 5.79. The monoisotopic (exact) mass is 203 g/mol. The fourth-order valence-electron chi connectivity index (χ4n) is 1.56. The van der Waals surface area contributed by atoms with E-state index < -0.39 is 0 Å². The fourth-order valence-corrected chi connectivity index (χ4v) is 2.67. The molecule has 0 aromatic carbocycles. The standard InChI is InChI=1S/C9H17NO2S/c1-12-9(11)6-7-2-4-13-5-3-8(7)10/h7-8H,2-6,10H2,1H3/t7-,8-/m1/s1. The number of nitrogens with two attached hydrogens (primary N) is 1. The van der Waals surface area contributed by atoms with E-state index in [9.17, 15) is 4.79 Å². The minimum absolute atomic E-state index is 0.132. The molecule has 13 heavy (non-hydrogen) atoms. The second-order valence-corrected chi connectivity index (χ2v) is 4.62. The van der Waals surface area contributed by atoms with E-state index >= 15 is 0 Å². The van der Waals surface area contributed by atoms with E-state index in [2.05, 4.69) is 4.74 Å². The van der Waals surface area contributed by atoms with Gasteiger partial charge < -0.3 is 10.5 Å². The maximum atomic E-state index is 11.1. The number of ether oxygens (including phenoxy) is 1. The molecule has 1 saturated heterocycles. The summed E-state index contributed by atoms with van der Waals surface area (Å²) in [7, 11) is 1.43. The van der Waals surface area contributed by atoms with Crippen molar-refractivity contribution in [2.75, 3.05) is 18.6 Å². The highest BCUT2D eigenvalue weighted by Gasteiger charge is 2.23. The Bertz CT molecular complexity index is 175. The molecule has 1 rings (SSSR count). The maximum absolute atomic E-state index is 11.1. The van der Waals surface area contributed by atoms with Crippen LogP contribution < -0.4 is 5.73 Å². The molecule has 0 aliphatic carbocycles. The lowest BCUT2D eigenvalue weighted by atomic mass is 9.92. The smallest absolute Gasteiger partial charge is 0.305 e. The van der Waals surface area contributed by atoms with E-state index in [1.807, 2.05) is 11.8 Å². The summed E-state index contributed by atoms with van der Waals surface area (Å²) in [5, 5.41) is 0. The van der Waals surface area contributed by atoms with Gasteiger partial charge in [0.25, 0.3) is 0 Å². The average molecular weight is 203 g/mol. The molecule has 76 valence electrons. The Labute approximate surface area is 83.4 Å². The van der Waals surface area contributed by atoms with Crippen LogP contribution in [0.2, 0.25) is 0 Å². The molecule has 4 heteroatoms. The van der Waals surface area contributed by atoms with Crippen molar-refractivity contribution in [2.24, 2.45) is 11.7 Å². The Hall–Kier alpha value is -0.220. The van der Waals surface area contributed by atoms with Crippen LogP contribution in [0.4, 0.5) is 0 Å². The second-order valence-electron chi connectivity index (χ2n) is 3.39. The maximum Gasteiger partial charge on any atom is 0.305 e. The molecule has 2 N–H and O–H groups in total. The summed E-state index contributed by atoms with van der Waals surface area (Å²) >= 11 is 1.93. The predicted molar refractivity (Wildman–Crippen MR) is 54.7 cm³/mol. The molecule has 1 heterocycles. The summed E-state index contributed by atoms with van der Waals surface area (Å²) in [6, 6.07) is 0.175. The molecule has 1 aliphatic rings. The van der Waals surface area contributed by atoms with Crippen LogP contribution in [0.1, 0.15) is 19.3 Å². The SMILES string of the molecule is COC(=O)C[C@H]1CCSCC[C@H]1N. The fraction of sp³-hybridized carbons (Fsp3) is 0.889. The van der Waals surface area contributed by atoms with Crippen molar-refractivity contribution in [2.45, 2.75) is 25.3 Å². The molecular weight excluding hydrogens is 186 g/mol. The van der Waals surface area contributed by atoms with Crippen LogP contribution in [0.15, 0.2) is 0 Å². The summed E-state index contributed by atoms with van der Waals surface area (Å²) < 4.78 is 4.64. The van der Waals surface area contributed by atoms with Crippen LogP contribution in [0.3, 0.4) is 0 Å². The van der Waals surface area contributed by atoms with Gasteiger partial charge in [-0.15, -0.1) is 0 Å². The minimum atomic E-state index is -0.132. The zero-order chi connectivity index (χ0) is 9.68. The van der Waals surface area contributed by atoms with Crippen LogP contribution in [-0.4, -0.2) is 30.6 Å². The summed E-state index contributed by atoms with van der Waals surface area (Å²) in [4.78, 5) is 11.1. The van der Waals surface area contributed by atoms with E-state index in [0.717, 1.165) is 24.3 Å². The van der Waals surface area contributed by atoms with Gasteiger partial charge in [0, 0.05) is 12.5 Å². The molecule has 0 saturated carbocycles. The number of thioether (sulfide) groups is 1. The summed E-state index contributed by atoms with van der Waals surface area (Å²) in [6.45, 7) is 0. The molecule has 1 fully saturated rings. The molecule has 0 bridgehead atoms. The normalized spacial score (nSPS) is 29.4. The lowest BCUT2D eigenvalue weighted by molar-refractivity contribution is -0.141. The van der Waals surface area contributed by atoms with Gasteiger partial charge in [-0.2, -0.15) is 11.8 Å². The van der Waals surface area contributed by atoms with Crippen molar-refractivity contribution in [1.29, 1.82) is 0 Å². The molecule has 0 spiro atoms. The lowest BCUT2D eigenvalue weighted by Crippen LogP contribution is -2.31. The van der Waals surface area contributed by atoms with Crippen molar-refractivity contribution in [3.8, 4) is 0 Å². The molecule has 0 amide bonds. The highest BCUT2D eigenvalue weighted by atomic mass is 32.2. The van der Waals surface area contributed by atoms with Gasteiger partial charge in [-0.05, 0) is 30.3 Å². The van der Waals surface area contributed by atoms with Crippen molar-refractivity contribution in [1.82, 2.24) is 0 Å². The third kappa shape index (κ3) is 3.56. The second kappa shape index (κ2) is 5.50. The molecular formula is C9H17NO2S. The number of esters is 1. The number of hydrogen-bond acceptors (Lipinski definition) is 4. The third-order valence-electron chi connectivity index (χ3n) is 2.49. The molecule has 0 radical (unpaired) electrons. The van der Waals surface area contributed by atoms with Gasteiger partial charge in [-0.25, -0.2) is 0 Å². The van der Waals surface area contributed by atoms with Gasteiger partial charge in [0.15, 0.2) is 0 Å². The van der Waals surface area contributed by atoms with Gasteiger partial charge >= 0.3 is 5.97 Å². The molecule has 0 aromatic rings. The van der Waals surface area contributed by atoms with Crippen molar-refractivity contribution < 1.29 is 9.53 Å². The molecule has 0 unspecified atom stereocenters. The number of carbonyl (C=O) groups excluding carboxylic acids is 1. The van der Waals surface area contributed by atoms with Gasteiger partial charge in [0.05, 0.1) is 7.11 Å². The summed E-state index contributed by atoms with van der Waals surface area (Å²) in [6.07, 6.45) is 2.55. The molecule has 2 atom stereocenters. The molecule has 0 aromatic heterocycles. The Balaban J connectivity index is 2.40. The number of hydrogen-bond donors (Lipinski definition) is 1. The highest BCUT2D eigenvalue weighted by molar-refractivity contribution is 7.99. The van der Waals surface area contributed by atoms with E-state index in [1.165, 1.54) is 7.11 Å². The number of rotatable bonds is 2. The van der Waals surface area contributed by atoms with Crippen molar-refractivity contribution in [3.05, 3.63) is 0 Å². The highest BCUT2D eigenvalue weighted by Crippen LogP contribution is 2.24. The number of carbonyl (C=O) groups is 1. The quantitative estimate of drug-likeness (QED) is 0.681. The topological polar surface area (TPSA) is 52.3 Å². The van der Waals surface area contributed by atoms with Crippen LogP contribution in [0.5, 0.6) is 0 Å². The van der Waals surface area contributed by atoms with Crippen LogP contribution >= 0.6 is 11.8 Å². The first-order chi connectivity index (χ1) is 6.24. The van der Waals surface area contributed by atoms with Gasteiger partial charge in [-0.1, -0.05) is 0 Å². The van der Waals surface area contributed by atoms with Crippen LogP contribution in [-0.2, 0) is 9.53 Å². The summed E-state index contributed by atoms with van der Waals surface area (Å²) in [5.74, 6) is 2.43. The van der Waals surface area contributed by atoms with E-state index in [0.29, 0.717) is 12.3 Å². The average Bonchev–Trinajstić information content (AvgIpc) is 2.32. The molecule has 1 aliphatic heterocycles.